The Hall–Kier alpha value is -1.02. The molecule has 0 bridgehead atoms. The first-order valence-electron chi connectivity index (χ1n) is 8.26. The van der Waals surface area contributed by atoms with Gasteiger partial charge >= 0.3 is 0 Å². The Kier molecular flexibility index (Phi) is 5.32. The van der Waals surface area contributed by atoms with Crippen molar-refractivity contribution in [2.24, 2.45) is 11.3 Å². The number of likely N-dealkylation sites (N-methyl/N-ethyl adjacent to an activating group) is 1. The van der Waals surface area contributed by atoms with Crippen LogP contribution in [0.5, 0.6) is 5.75 Å². The lowest BCUT2D eigenvalue weighted by molar-refractivity contribution is 0.163. The van der Waals surface area contributed by atoms with Crippen LogP contribution in [-0.4, -0.2) is 20.2 Å². The highest BCUT2D eigenvalue weighted by molar-refractivity contribution is 5.37. The fraction of sp³-hybridized carbons (Fsp3) is 0.684. The van der Waals surface area contributed by atoms with Gasteiger partial charge in [-0.15, -0.1) is 0 Å². The average molecular weight is 289 g/mol. The van der Waals surface area contributed by atoms with E-state index in [9.17, 15) is 0 Å². The summed E-state index contributed by atoms with van der Waals surface area (Å²) in [6, 6.07) is 7.05. The molecule has 0 amide bonds. The molecule has 1 aliphatic rings. The molecule has 0 aliphatic heterocycles. The van der Waals surface area contributed by atoms with Crippen molar-refractivity contribution < 1.29 is 4.74 Å². The largest absolute Gasteiger partial charge is 0.496 e. The molecule has 21 heavy (non-hydrogen) atoms. The van der Waals surface area contributed by atoms with Crippen LogP contribution >= 0.6 is 0 Å². The first-order valence-corrected chi connectivity index (χ1v) is 8.26. The minimum Gasteiger partial charge on any atom is -0.496 e. The standard InChI is InChI=1S/C19H31NO/c1-14-6-7-18(21-5)16(12-14)13-17(20-4)15-8-10-19(2,3)11-9-15/h6-7,12,15,17,20H,8-11,13H2,1-5H3. The Labute approximate surface area is 130 Å². The number of rotatable bonds is 5. The minimum absolute atomic E-state index is 0.538. The third-order valence-corrected chi connectivity index (χ3v) is 5.20. The van der Waals surface area contributed by atoms with Crippen LogP contribution in [0.25, 0.3) is 0 Å². The molecule has 1 fully saturated rings. The van der Waals surface area contributed by atoms with Gasteiger partial charge in [-0.2, -0.15) is 0 Å². The second kappa shape index (κ2) is 6.83. The van der Waals surface area contributed by atoms with Crippen molar-refractivity contribution in [3.8, 4) is 5.75 Å². The summed E-state index contributed by atoms with van der Waals surface area (Å²) in [4.78, 5) is 0. The summed E-state index contributed by atoms with van der Waals surface area (Å²) in [6.07, 6.45) is 6.44. The van der Waals surface area contributed by atoms with E-state index in [2.05, 4.69) is 51.3 Å². The van der Waals surface area contributed by atoms with E-state index in [-0.39, 0.29) is 0 Å². The predicted molar refractivity (Wildman–Crippen MR) is 90.0 cm³/mol. The second-order valence-electron chi connectivity index (χ2n) is 7.42. The third kappa shape index (κ3) is 4.23. The summed E-state index contributed by atoms with van der Waals surface area (Å²) in [7, 11) is 3.87. The first-order chi connectivity index (χ1) is 9.95. The number of hydrogen-bond acceptors (Lipinski definition) is 2. The molecule has 1 N–H and O–H groups in total. The topological polar surface area (TPSA) is 21.3 Å². The van der Waals surface area contributed by atoms with Crippen molar-refractivity contribution in [3.05, 3.63) is 29.3 Å². The predicted octanol–water partition coefficient (Wildman–Crippen LogP) is 4.35. The van der Waals surface area contributed by atoms with E-state index in [1.807, 2.05) is 0 Å². The van der Waals surface area contributed by atoms with Crippen molar-refractivity contribution in [3.63, 3.8) is 0 Å². The molecule has 0 heterocycles. The van der Waals surface area contributed by atoms with Gasteiger partial charge in [0.05, 0.1) is 7.11 Å². The molecule has 2 rings (SSSR count). The molecule has 118 valence electrons. The molecule has 0 saturated heterocycles. The van der Waals surface area contributed by atoms with Gasteiger partial charge in [-0.25, -0.2) is 0 Å². The van der Waals surface area contributed by atoms with Crippen LogP contribution in [-0.2, 0) is 6.42 Å². The summed E-state index contributed by atoms with van der Waals surface area (Å²) >= 11 is 0. The number of nitrogens with one attached hydrogen (secondary N) is 1. The van der Waals surface area contributed by atoms with Gasteiger partial charge < -0.3 is 10.1 Å². The van der Waals surface area contributed by atoms with Gasteiger partial charge in [-0.1, -0.05) is 31.5 Å². The lowest BCUT2D eigenvalue weighted by Gasteiger charge is -2.38. The quantitative estimate of drug-likeness (QED) is 0.870. The summed E-state index contributed by atoms with van der Waals surface area (Å²) in [5.41, 5.74) is 3.18. The molecule has 2 nitrogen and oxygen atoms in total. The average Bonchev–Trinajstić information content (AvgIpc) is 2.45. The molecular formula is C19H31NO. The van der Waals surface area contributed by atoms with Gasteiger partial charge in [0.1, 0.15) is 5.75 Å². The molecule has 1 atom stereocenters. The normalized spacial score (nSPS) is 20.2. The Morgan fingerprint density at radius 3 is 2.52 bits per heavy atom. The van der Waals surface area contributed by atoms with E-state index in [4.69, 9.17) is 4.74 Å². The van der Waals surface area contributed by atoms with Crippen LogP contribution in [0, 0.1) is 18.3 Å². The fourth-order valence-electron chi connectivity index (χ4n) is 3.63. The van der Waals surface area contributed by atoms with E-state index in [0.717, 1.165) is 18.1 Å². The molecule has 1 saturated carbocycles. The van der Waals surface area contributed by atoms with Crippen molar-refractivity contribution in [2.45, 2.75) is 58.9 Å². The minimum atomic E-state index is 0.538. The summed E-state index contributed by atoms with van der Waals surface area (Å²) < 4.78 is 5.54. The first kappa shape index (κ1) is 16.4. The van der Waals surface area contributed by atoms with E-state index < -0.39 is 0 Å². The molecule has 0 aromatic heterocycles. The van der Waals surface area contributed by atoms with Crippen molar-refractivity contribution in [1.82, 2.24) is 5.32 Å². The number of hydrogen-bond donors (Lipinski definition) is 1. The molecule has 1 aromatic rings. The maximum Gasteiger partial charge on any atom is 0.122 e. The fourth-order valence-corrected chi connectivity index (χ4v) is 3.63. The summed E-state index contributed by atoms with van der Waals surface area (Å²) in [5, 5.41) is 3.56. The summed E-state index contributed by atoms with van der Waals surface area (Å²) in [5.74, 6) is 1.81. The highest BCUT2D eigenvalue weighted by Crippen LogP contribution is 2.40. The number of benzene rings is 1. The van der Waals surface area contributed by atoms with Crippen LogP contribution in [0.3, 0.4) is 0 Å². The molecular weight excluding hydrogens is 258 g/mol. The van der Waals surface area contributed by atoms with Gasteiger partial charge in [0.15, 0.2) is 0 Å². The SMILES string of the molecule is CNC(Cc1cc(C)ccc1OC)C1CCC(C)(C)CC1. The number of ether oxygens (including phenoxy) is 1. The van der Waals surface area contributed by atoms with Gasteiger partial charge in [-0.3, -0.25) is 0 Å². The zero-order chi connectivity index (χ0) is 15.5. The van der Waals surface area contributed by atoms with E-state index >= 15 is 0 Å². The van der Waals surface area contributed by atoms with Crippen LogP contribution in [0.15, 0.2) is 18.2 Å². The molecule has 1 unspecified atom stereocenters. The van der Waals surface area contributed by atoms with Crippen LogP contribution in [0.1, 0.15) is 50.7 Å². The maximum atomic E-state index is 5.54. The Morgan fingerprint density at radius 1 is 1.29 bits per heavy atom. The summed E-state index contributed by atoms with van der Waals surface area (Å²) in [6.45, 7) is 6.96. The number of methoxy groups -OCH3 is 1. The maximum absolute atomic E-state index is 5.54. The molecule has 2 heteroatoms. The monoisotopic (exact) mass is 289 g/mol. The Bertz CT molecular complexity index is 457. The van der Waals surface area contributed by atoms with Crippen LogP contribution in [0.4, 0.5) is 0 Å². The van der Waals surface area contributed by atoms with E-state index in [0.29, 0.717) is 11.5 Å². The number of aryl methyl sites for hydroxylation is 1. The Morgan fingerprint density at radius 2 is 1.95 bits per heavy atom. The lowest BCUT2D eigenvalue weighted by atomic mass is 9.70. The van der Waals surface area contributed by atoms with Gasteiger partial charge in [0, 0.05) is 6.04 Å². The van der Waals surface area contributed by atoms with Crippen molar-refractivity contribution in [2.75, 3.05) is 14.2 Å². The molecule has 0 radical (unpaired) electrons. The van der Waals surface area contributed by atoms with E-state index in [1.165, 1.54) is 36.8 Å². The van der Waals surface area contributed by atoms with Gasteiger partial charge in [0.25, 0.3) is 0 Å². The Balaban J connectivity index is 2.07. The van der Waals surface area contributed by atoms with Gasteiger partial charge in [-0.05, 0) is 69.0 Å². The van der Waals surface area contributed by atoms with Gasteiger partial charge in [0.2, 0.25) is 0 Å². The van der Waals surface area contributed by atoms with Crippen molar-refractivity contribution in [1.29, 1.82) is 0 Å². The third-order valence-electron chi connectivity index (χ3n) is 5.20. The molecule has 1 aromatic carbocycles. The zero-order valence-electron chi connectivity index (χ0n) is 14.3. The molecule has 0 spiro atoms. The lowest BCUT2D eigenvalue weighted by Crippen LogP contribution is -2.39. The highest BCUT2D eigenvalue weighted by Gasteiger charge is 2.31. The smallest absolute Gasteiger partial charge is 0.122 e. The van der Waals surface area contributed by atoms with Crippen LogP contribution < -0.4 is 10.1 Å². The van der Waals surface area contributed by atoms with Crippen molar-refractivity contribution >= 4 is 0 Å². The highest BCUT2D eigenvalue weighted by atomic mass is 16.5. The van der Waals surface area contributed by atoms with Crippen LogP contribution in [0.2, 0.25) is 0 Å². The zero-order valence-corrected chi connectivity index (χ0v) is 14.3. The van der Waals surface area contributed by atoms with E-state index in [1.54, 1.807) is 7.11 Å². The molecule has 1 aliphatic carbocycles. The second-order valence-corrected chi connectivity index (χ2v) is 7.42.